The Hall–Kier alpha value is -1.99. The van der Waals surface area contributed by atoms with Crippen molar-refractivity contribution in [3.63, 3.8) is 0 Å². The molecule has 0 radical (unpaired) electrons. The number of pyridine rings is 2. The number of aromatic hydroxyl groups is 1. The first-order chi connectivity index (χ1) is 10.8. The van der Waals surface area contributed by atoms with Crippen molar-refractivity contribution in [1.29, 1.82) is 0 Å². The van der Waals surface area contributed by atoms with Gasteiger partial charge in [0.05, 0.1) is 17.2 Å². The zero-order valence-corrected chi connectivity index (χ0v) is 13.9. The third-order valence-corrected chi connectivity index (χ3v) is 4.90. The van der Waals surface area contributed by atoms with Crippen LogP contribution in [0.4, 0.5) is 10.9 Å². The molecule has 0 unspecified atom stereocenters. The van der Waals surface area contributed by atoms with Crippen molar-refractivity contribution >= 4 is 45.7 Å². The van der Waals surface area contributed by atoms with Gasteiger partial charge in [0.25, 0.3) is 0 Å². The van der Waals surface area contributed by atoms with Gasteiger partial charge in [-0.3, -0.25) is 4.98 Å². The normalized spacial score (nSPS) is 14.8. The van der Waals surface area contributed by atoms with E-state index >= 15 is 0 Å². The van der Waals surface area contributed by atoms with E-state index in [2.05, 4.69) is 25.5 Å². The molecule has 0 aromatic carbocycles. The number of rotatable bonds is 3. The number of nitrogens with one attached hydrogen (secondary N) is 1. The molecule has 1 saturated carbocycles. The van der Waals surface area contributed by atoms with E-state index in [-0.39, 0.29) is 18.2 Å². The molecule has 0 aliphatic heterocycles. The molecule has 2 N–H and O–H groups in total. The van der Waals surface area contributed by atoms with Crippen molar-refractivity contribution in [1.82, 2.24) is 20.2 Å². The highest BCUT2D eigenvalue weighted by molar-refractivity contribution is 7.15. The van der Waals surface area contributed by atoms with E-state index in [1.54, 1.807) is 17.4 Å². The fourth-order valence-corrected chi connectivity index (χ4v) is 3.72. The van der Waals surface area contributed by atoms with Gasteiger partial charge < -0.3 is 10.4 Å². The van der Waals surface area contributed by atoms with Crippen molar-refractivity contribution < 1.29 is 5.11 Å². The van der Waals surface area contributed by atoms with Gasteiger partial charge in [0.15, 0.2) is 0 Å². The zero-order chi connectivity index (χ0) is 14.9. The summed E-state index contributed by atoms with van der Waals surface area (Å²) >= 11 is 1.60. The standard InChI is InChI=1S/C15H15N5OS.ClH/c21-10-7-12-11(16-8-10)5-6-13(17-12)18-15-20-19-14(22-15)9-3-1-2-4-9;/h5-9,21H,1-4H2,(H,17,18,20);1H. The monoisotopic (exact) mass is 349 g/mol. The van der Waals surface area contributed by atoms with Crippen LogP contribution in [0.3, 0.4) is 0 Å². The van der Waals surface area contributed by atoms with Crippen molar-refractivity contribution in [2.75, 3.05) is 5.32 Å². The minimum atomic E-state index is 0. The van der Waals surface area contributed by atoms with Crippen LogP contribution in [-0.4, -0.2) is 25.3 Å². The molecular weight excluding hydrogens is 334 g/mol. The maximum Gasteiger partial charge on any atom is 0.211 e. The van der Waals surface area contributed by atoms with Gasteiger partial charge in [0.2, 0.25) is 5.13 Å². The average Bonchev–Trinajstić information content (AvgIpc) is 3.17. The fourth-order valence-electron chi connectivity index (χ4n) is 2.80. The van der Waals surface area contributed by atoms with Gasteiger partial charge in [-0.1, -0.05) is 24.2 Å². The molecule has 6 nitrogen and oxygen atoms in total. The van der Waals surface area contributed by atoms with Crippen molar-refractivity contribution in [2.45, 2.75) is 31.6 Å². The van der Waals surface area contributed by atoms with Crippen LogP contribution in [0.2, 0.25) is 0 Å². The Morgan fingerprint density at radius 2 is 1.96 bits per heavy atom. The van der Waals surface area contributed by atoms with E-state index in [0.29, 0.717) is 17.3 Å². The number of aromatic nitrogens is 4. The molecule has 1 aliphatic carbocycles. The number of halogens is 1. The van der Waals surface area contributed by atoms with Crippen LogP contribution in [0.5, 0.6) is 5.75 Å². The summed E-state index contributed by atoms with van der Waals surface area (Å²) in [6.45, 7) is 0. The molecule has 3 heterocycles. The van der Waals surface area contributed by atoms with E-state index in [1.165, 1.54) is 31.9 Å². The maximum atomic E-state index is 9.49. The highest BCUT2D eigenvalue weighted by atomic mass is 35.5. The van der Waals surface area contributed by atoms with Crippen LogP contribution < -0.4 is 5.32 Å². The predicted octanol–water partition coefficient (Wildman–Crippen LogP) is 4.01. The first-order valence-corrected chi connectivity index (χ1v) is 8.16. The second kappa shape index (κ2) is 6.64. The first kappa shape index (κ1) is 15.9. The molecule has 23 heavy (non-hydrogen) atoms. The lowest BCUT2D eigenvalue weighted by Gasteiger charge is -2.03. The SMILES string of the molecule is Cl.Oc1cnc2ccc(Nc3nnc(C4CCCC4)s3)nc2c1. The fraction of sp³-hybridized carbons (Fsp3) is 0.333. The van der Waals surface area contributed by atoms with Crippen LogP contribution >= 0.6 is 23.7 Å². The van der Waals surface area contributed by atoms with Crippen LogP contribution in [0.1, 0.15) is 36.6 Å². The summed E-state index contributed by atoms with van der Waals surface area (Å²) < 4.78 is 0. The molecule has 0 amide bonds. The maximum absolute atomic E-state index is 9.49. The molecular formula is C15H16ClN5OS. The van der Waals surface area contributed by atoms with Gasteiger partial charge in [-0.2, -0.15) is 0 Å². The number of anilines is 2. The third-order valence-electron chi connectivity index (χ3n) is 3.90. The Labute approximate surface area is 143 Å². The van der Waals surface area contributed by atoms with Gasteiger partial charge in [0.1, 0.15) is 16.6 Å². The molecule has 3 aromatic rings. The number of fused-ring (bicyclic) bond motifs is 1. The molecule has 3 aromatic heterocycles. The summed E-state index contributed by atoms with van der Waals surface area (Å²) in [5.41, 5.74) is 1.39. The lowest BCUT2D eigenvalue weighted by Crippen LogP contribution is -1.93. The second-order valence-corrected chi connectivity index (χ2v) is 6.49. The molecule has 0 spiro atoms. The molecule has 1 aliphatic rings. The average molecular weight is 350 g/mol. The predicted molar refractivity (Wildman–Crippen MR) is 92.9 cm³/mol. The van der Waals surface area contributed by atoms with E-state index in [9.17, 15) is 5.11 Å². The Morgan fingerprint density at radius 1 is 1.13 bits per heavy atom. The van der Waals surface area contributed by atoms with E-state index in [1.807, 2.05) is 12.1 Å². The summed E-state index contributed by atoms with van der Waals surface area (Å²) in [5.74, 6) is 1.35. The lowest BCUT2D eigenvalue weighted by atomic mass is 10.1. The van der Waals surface area contributed by atoms with Crippen LogP contribution in [0.15, 0.2) is 24.4 Å². The third kappa shape index (κ3) is 3.35. The summed E-state index contributed by atoms with van der Waals surface area (Å²) in [6.07, 6.45) is 6.42. The number of hydrogen-bond acceptors (Lipinski definition) is 7. The summed E-state index contributed by atoms with van der Waals surface area (Å²) in [6, 6.07) is 5.31. The molecule has 0 saturated heterocycles. The van der Waals surface area contributed by atoms with Crippen LogP contribution in [0.25, 0.3) is 11.0 Å². The lowest BCUT2D eigenvalue weighted by molar-refractivity contribution is 0.473. The Kier molecular flexibility index (Phi) is 4.58. The van der Waals surface area contributed by atoms with E-state index in [0.717, 1.165) is 15.7 Å². The zero-order valence-electron chi connectivity index (χ0n) is 12.3. The van der Waals surface area contributed by atoms with Crippen molar-refractivity contribution in [3.05, 3.63) is 29.4 Å². The molecule has 0 atom stereocenters. The highest BCUT2D eigenvalue weighted by Gasteiger charge is 2.21. The van der Waals surface area contributed by atoms with Gasteiger partial charge in [0, 0.05) is 12.0 Å². The van der Waals surface area contributed by atoms with Gasteiger partial charge in [-0.25, -0.2) is 4.98 Å². The van der Waals surface area contributed by atoms with Crippen molar-refractivity contribution in [2.24, 2.45) is 0 Å². The molecule has 8 heteroatoms. The Balaban J connectivity index is 0.00000156. The molecule has 120 valence electrons. The van der Waals surface area contributed by atoms with Gasteiger partial charge in [-0.15, -0.1) is 22.6 Å². The largest absolute Gasteiger partial charge is 0.506 e. The van der Waals surface area contributed by atoms with Gasteiger partial charge in [-0.05, 0) is 25.0 Å². The smallest absolute Gasteiger partial charge is 0.211 e. The highest BCUT2D eigenvalue weighted by Crippen LogP contribution is 2.36. The van der Waals surface area contributed by atoms with E-state index < -0.39 is 0 Å². The quantitative estimate of drug-likeness (QED) is 0.743. The summed E-state index contributed by atoms with van der Waals surface area (Å²) in [7, 11) is 0. The van der Waals surface area contributed by atoms with Gasteiger partial charge >= 0.3 is 0 Å². The minimum absolute atomic E-state index is 0. The summed E-state index contributed by atoms with van der Waals surface area (Å²) in [5, 5.41) is 23.0. The molecule has 4 rings (SSSR count). The van der Waals surface area contributed by atoms with Crippen LogP contribution in [0, 0.1) is 0 Å². The van der Waals surface area contributed by atoms with E-state index in [4.69, 9.17) is 0 Å². The number of hydrogen-bond donors (Lipinski definition) is 2. The van der Waals surface area contributed by atoms with Crippen molar-refractivity contribution in [3.8, 4) is 5.75 Å². The topological polar surface area (TPSA) is 83.8 Å². The molecule has 0 bridgehead atoms. The second-order valence-electron chi connectivity index (χ2n) is 5.48. The molecule has 1 fully saturated rings. The Morgan fingerprint density at radius 3 is 2.78 bits per heavy atom. The first-order valence-electron chi connectivity index (χ1n) is 7.34. The summed E-state index contributed by atoms with van der Waals surface area (Å²) in [4.78, 5) is 8.56. The minimum Gasteiger partial charge on any atom is -0.506 e. The van der Waals surface area contributed by atoms with Crippen LogP contribution in [-0.2, 0) is 0 Å². The Bertz CT molecular complexity index is 818. The number of nitrogens with zero attached hydrogens (tertiary/aromatic N) is 4.